The van der Waals surface area contributed by atoms with E-state index in [-0.39, 0.29) is 18.2 Å². The van der Waals surface area contributed by atoms with Gasteiger partial charge < -0.3 is 10.1 Å². The Morgan fingerprint density at radius 3 is 2.37 bits per heavy atom. The Balaban J connectivity index is 2.44. The Morgan fingerprint density at radius 2 is 1.84 bits per heavy atom. The third kappa shape index (κ3) is 5.21. The molecule has 0 fully saturated rings. The molecule has 0 spiro atoms. The lowest BCUT2D eigenvalue weighted by Crippen LogP contribution is -2.33. The lowest BCUT2D eigenvalue weighted by molar-refractivity contribution is -0.152. The number of carbonyl (C=O) groups excluding carboxylic acids is 3. The van der Waals surface area contributed by atoms with Gasteiger partial charge in [0.1, 0.15) is 6.54 Å². The lowest BCUT2D eigenvalue weighted by atomic mass is 10.2. The van der Waals surface area contributed by atoms with Gasteiger partial charge in [-0.25, -0.2) is 0 Å². The van der Waals surface area contributed by atoms with E-state index in [2.05, 4.69) is 21.2 Å². The molecule has 0 aromatic heterocycles. The van der Waals surface area contributed by atoms with Crippen molar-refractivity contribution in [3.8, 4) is 0 Å². The van der Waals surface area contributed by atoms with Crippen LogP contribution in [-0.2, 0) is 14.3 Å². The van der Waals surface area contributed by atoms with Gasteiger partial charge in [0, 0.05) is 10.0 Å². The lowest BCUT2D eigenvalue weighted by Gasteiger charge is -2.10. The highest BCUT2D eigenvalue weighted by molar-refractivity contribution is 9.10. The first-order chi connectivity index (χ1) is 8.90. The summed E-state index contributed by atoms with van der Waals surface area (Å²) in [6, 6.07) is 6.71. The average Bonchev–Trinajstić information content (AvgIpc) is 2.36. The number of halogens is 1. The van der Waals surface area contributed by atoms with Crippen LogP contribution in [-0.4, -0.2) is 30.3 Å². The summed E-state index contributed by atoms with van der Waals surface area (Å²) in [6.07, 6.45) is -0.794. The molecule has 1 atom stereocenters. The van der Waals surface area contributed by atoms with Crippen LogP contribution in [0.15, 0.2) is 28.7 Å². The number of carbonyl (C=O) groups is 3. The molecular formula is C13H14BrNO4. The largest absolute Gasteiger partial charge is 0.453 e. The minimum Gasteiger partial charge on any atom is -0.453 e. The Morgan fingerprint density at radius 1 is 1.26 bits per heavy atom. The molecule has 0 saturated carbocycles. The van der Waals surface area contributed by atoms with Crippen LogP contribution in [0.5, 0.6) is 0 Å². The van der Waals surface area contributed by atoms with Gasteiger partial charge >= 0.3 is 5.97 Å². The number of hydrogen-bond acceptors (Lipinski definition) is 4. The number of Topliss-reactive ketones (excluding diaryl/α,β-unsaturated/α-hetero) is 1. The molecule has 1 N–H and O–H groups in total. The third-order valence-corrected chi connectivity index (χ3v) is 2.91. The molecule has 0 heterocycles. The maximum Gasteiger partial charge on any atom is 0.326 e. The fraction of sp³-hybridized carbons (Fsp3) is 0.308. The van der Waals surface area contributed by atoms with Crippen LogP contribution in [0.4, 0.5) is 0 Å². The number of ether oxygens (including phenoxy) is 1. The van der Waals surface area contributed by atoms with Crippen molar-refractivity contribution in [1.82, 2.24) is 5.32 Å². The van der Waals surface area contributed by atoms with Crippen LogP contribution in [0, 0.1) is 0 Å². The summed E-state index contributed by atoms with van der Waals surface area (Å²) < 4.78 is 5.67. The first-order valence-electron chi connectivity index (χ1n) is 5.64. The topological polar surface area (TPSA) is 72.5 Å². The SMILES string of the molecule is CC(=O)C(C)OC(=O)CNC(=O)c1ccc(Br)cc1. The van der Waals surface area contributed by atoms with Gasteiger partial charge in [-0.1, -0.05) is 15.9 Å². The fourth-order valence-corrected chi connectivity index (χ4v) is 1.44. The first kappa shape index (κ1) is 15.4. The predicted molar refractivity (Wildman–Crippen MR) is 72.7 cm³/mol. The standard InChI is InChI=1S/C13H14BrNO4/c1-8(16)9(2)19-12(17)7-15-13(18)10-3-5-11(14)6-4-10/h3-6,9H,7H2,1-2H3,(H,15,18). The van der Waals surface area contributed by atoms with Crippen LogP contribution in [0.2, 0.25) is 0 Å². The highest BCUT2D eigenvalue weighted by Crippen LogP contribution is 2.10. The van der Waals surface area contributed by atoms with Gasteiger partial charge in [-0.05, 0) is 38.1 Å². The molecule has 0 aliphatic rings. The van der Waals surface area contributed by atoms with E-state index >= 15 is 0 Å². The maximum atomic E-state index is 11.7. The number of amides is 1. The summed E-state index contributed by atoms with van der Waals surface area (Å²) in [7, 11) is 0. The molecule has 0 saturated heterocycles. The molecule has 6 heteroatoms. The summed E-state index contributed by atoms with van der Waals surface area (Å²) in [5.41, 5.74) is 0.440. The number of benzene rings is 1. The number of hydrogen-bond donors (Lipinski definition) is 1. The normalized spacial score (nSPS) is 11.5. The molecule has 1 unspecified atom stereocenters. The van der Waals surface area contributed by atoms with Crippen molar-refractivity contribution in [2.75, 3.05) is 6.54 Å². The fourth-order valence-electron chi connectivity index (χ4n) is 1.18. The van der Waals surface area contributed by atoms with Crippen LogP contribution in [0.1, 0.15) is 24.2 Å². The molecule has 0 bridgehead atoms. The predicted octanol–water partition coefficient (Wildman–Crippen LogP) is 1.70. The molecule has 102 valence electrons. The molecule has 1 rings (SSSR count). The van der Waals surface area contributed by atoms with E-state index in [1.165, 1.54) is 13.8 Å². The smallest absolute Gasteiger partial charge is 0.326 e. The van der Waals surface area contributed by atoms with Gasteiger partial charge in [0.25, 0.3) is 5.91 Å². The second kappa shape index (κ2) is 7.04. The Hall–Kier alpha value is -1.69. The van der Waals surface area contributed by atoms with E-state index in [1.54, 1.807) is 24.3 Å². The van der Waals surface area contributed by atoms with E-state index in [4.69, 9.17) is 4.74 Å². The monoisotopic (exact) mass is 327 g/mol. The van der Waals surface area contributed by atoms with Crippen LogP contribution in [0.25, 0.3) is 0 Å². The second-order valence-corrected chi connectivity index (χ2v) is 4.85. The van der Waals surface area contributed by atoms with Crippen molar-refractivity contribution in [2.45, 2.75) is 20.0 Å². The quantitative estimate of drug-likeness (QED) is 0.835. The van der Waals surface area contributed by atoms with Crippen molar-refractivity contribution < 1.29 is 19.1 Å². The van der Waals surface area contributed by atoms with Crippen molar-refractivity contribution >= 4 is 33.6 Å². The van der Waals surface area contributed by atoms with E-state index in [0.29, 0.717) is 5.56 Å². The number of rotatable bonds is 5. The molecular weight excluding hydrogens is 314 g/mol. The van der Waals surface area contributed by atoms with Crippen molar-refractivity contribution in [1.29, 1.82) is 0 Å². The van der Waals surface area contributed by atoms with Crippen LogP contribution in [0.3, 0.4) is 0 Å². The van der Waals surface area contributed by atoms with Crippen molar-refractivity contribution in [2.24, 2.45) is 0 Å². The second-order valence-electron chi connectivity index (χ2n) is 3.93. The highest BCUT2D eigenvalue weighted by atomic mass is 79.9. The molecule has 1 amide bonds. The zero-order valence-corrected chi connectivity index (χ0v) is 12.2. The van der Waals surface area contributed by atoms with Gasteiger partial charge in [-0.2, -0.15) is 0 Å². The Kier molecular flexibility index (Phi) is 5.69. The number of esters is 1. The van der Waals surface area contributed by atoms with Gasteiger partial charge in [0.2, 0.25) is 0 Å². The third-order valence-electron chi connectivity index (χ3n) is 2.38. The summed E-state index contributed by atoms with van der Waals surface area (Å²) in [5, 5.41) is 2.42. The zero-order chi connectivity index (χ0) is 14.4. The number of nitrogens with one attached hydrogen (secondary N) is 1. The minimum atomic E-state index is -0.794. The minimum absolute atomic E-state index is 0.243. The van der Waals surface area contributed by atoms with Crippen molar-refractivity contribution in [3.05, 3.63) is 34.3 Å². The zero-order valence-electron chi connectivity index (χ0n) is 10.6. The van der Waals surface area contributed by atoms with E-state index in [1.807, 2.05) is 0 Å². The van der Waals surface area contributed by atoms with E-state index in [9.17, 15) is 14.4 Å². The van der Waals surface area contributed by atoms with E-state index < -0.39 is 12.1 Å². The molecule has 0 aliphatic carbocycles. The molecule has 5 nitrogen and oxygen atoms in total. The summed E-state index contributed by atoms with van der Waals surface area (Å²) in [6.45, 7) is 2.54. The average molecular weight is 328 g/mol. The van der Waals surface area contributed by atoms with Gasteiger partial charge in [0.05, 0.1) is 0 Å². The Bertz CT molecular complexity index is 484. The van der Waals surface area contributed by atoms with Crippen LogP contribution < -0.4 is 5.32 Å². The molecule has 1 aromatic carbocycles. The number of ketones is 1. The molecule has 0 aliphatic heterocycles. The van der Waals surface area contributed by atoms with Crippen LogP contribution >= 0.6 is 15.9 Å². The Labute approximate surface area is 119 Å². The summed E-state index contributed by atoms with van der Waals surface area (Å²) >= 11 is 3.26. The molecule has 1 aromatic rings. The summed E-state index contributed by atoms with van der Waals surface area (Å²) in [5.74, 6) is -1.26. The first-order valence-corrected chi connectivity index (χ1v) is 6.43. The molecule has 0 radical (unpaired) electrons. The van der Waals surface area contributed by atoms with Gasteiger partial charge in [-0.3, -0.25) is 14.4 Å². The van der Waals surface area contributed by atoms with Gasteiger partial charge in [-0.15, -0.1) is 0 Å². The van der Waals surface area contributed by atoms with Gasteiger partial charge in [0.15, 0.2) is 11.9 Å². The van der Waals surface area contributed by atoms with E-state index in [0.717, 1.165) is 4.47 Å². The summed E-state index contributed by atoms with van der Waals surface area (Å²) in [4.78, 5) is 33.9. The highest BCUT2D eigenvalue weighted by Gasteiger charge is 2.14. The maximum absolute atomic E-state index is 11.7. The molecule has 19 heavy (non-hydrogen) atoms. The van der Waals surface area contributed by atoms with Crippen molar-refractivity contribution in [3.63, 3.8) is 0 Å².